The van der Waals surface area contributed by atoms with Gasteiger partial charge in [0.15, 0.2) is 11.6 Å². The summed E-state index contributed by atoms with van der Waals surface area (Å²) in [7, 11) is 0. The molecule has 2 heterocycles. The molecule has 0 unspecified atom stereocenters. The van der Waals surface area contributed by atoms with Crippen molar-refractivity contribution in [2.24, 2.45) is 0 Å². The third-order valence-electron chi connectivity index (χ3n) is 5.47. The van der Waals surface area contributed by atoms with E-state index < -0.39 is 11.9 Å². The van der Waals surface area contributed by atoms with Gasteiger partial charge in [-0.3, -0.25) is 4.90 Å². The molecular weight excluding hydrogens is 411 g/mol. The summed E-state index contributed by atoms with van der Waals surface area (Å²) >= 11 is 6.28. The number of carboxylic acid groups (broad SMARTS) is 1. The molecule has 4 rings (SSSR count). The van der Waals surface area contributed by atoms with Crippen molar-refractivity contribution >= 4 is 17.7 Å². The summed E-state index contributed by atoms with van der Waals surface area (Å²) in [4.78, 5) is 14.8. The van der Waals surface area contributed by atoms with E-state index in [0.29, 0.717) is 37.3 Å². The number of hydrogen-bond acceptors (Lipinski definition) is 4. The lowest BCUT2D eigenvalue weighted by molar-refractivity contribution is 0.0499. The van der Waals surface area contributed by atoms with Gasteiger partial charge in [-0.25, -0.2) is 9.18 Å². The topological polar surface area (TPSA) is 73.2 Å². The predicted molar refractivity (Wildman–Crippen MR) is 110 cm³/mol. The van der Waals surface area contributed by atoms with Crippen LogP contribution >= 0.6 is 11.6 Å². The third kappa shape index (κ3) is 3.53. The van der Waals surface area contributed by atoms with Gasteiger partial charge in [-0.05, 0) is 25.1 Å². The zero-order chi connectivity index (χ0) is 21.4. The van der Waals surface area contributed by atoms with E-state index in [9.17, 15) is 15.0 Å². The first kappa shape index (κ1) is 20.3. The fourth-order valence-electron chi connectivity index (χ4n) is 4.03. The van der Waals surface area contributed by atoms with Crippen LogP contribution in [0.4, 0.5) is 9.18 Å². The van der Waals surface area contributed by atoms with Gasteiger partial charge in [-0.15, -0.1) is 5.92 Å². The molecule has 30 heavy (non-hydrogen) atoms. The van der Waals surface area contributed by atoms with Crippen LogP contribution in [0, 0.1) is 17.7 Å². The molecule has 8 heteroatoms. The Bertz CT molecular complexity index is 1060. The van der Waals surface area contributed by atoms with Gasteiger partial charge < -0.3 is 19.8 Å². The smallest absolute Gasteiger partial charge is 0.407 e. The van der Waals surface area contributed by atoms with Gasteiger partial charge in [-0.2, -0.15) is 0 Å². The molecule has 156 valence electrons. The number of amides is 1. The van der Waals surface area contributed by atoms with Crippen molar-refractivity contribution in [3.8, 4) is 34.5 Å². The van der Waals surface area contributed by atoms with Crippen LogP contribution in [-0.4, -0.2) is 58.4 Å². The second kappa shape index (κ2) is 8.05. The molecule has 6 nitrogen and oxygen atoms in total. The highest BCUT2D eigenvalue weighted by atomic mass is 35.5. The summed E-state index contributed by atoms with van der Waals surface area (Å²) in [5, 5.41) is 19.8. The summed E-state index contributed by atoms with van der Waals surface area (Å²) in [6, 6.07) is 6.18. The molecule has 1 saturated heterocycles. The number of carbonyl (C=O) groups is 1. The zero-order valence-corrected chi connectivity index (χ0v) is 17.0. The summed E-state index contributed by atoms with van der Waals surface area (Å²) in [5.74, 6) is 5.00. The molecule has 2 aromatic rings. The highest BCUT2D eigenvalue weighted by Crippen LogP contribution is 2.43. The third-order valence-corrected chi connectivity index (χ3v) is 5.78. The van der Waals surface area contributed by atoms with E-state index in [4.69, 9.17) is 16.3 Å². The Balaban J connectivity index is 1.81. The lowest BCUT2D eigenvalue weighted by atomic mass is 9.95. The molecule has 1 amide bonds. The van der Waals surface area contributed by atoms with Crippen molar-refractivity contribution in [1.29, 1.82) is 0 Å². The zero-order valence-electron chi connectivity index (χ0n) is 16.3. The number of halogens is 2. The van der Waals surface area contributed by atoms with Gasteiger partial charge >= 0.3 is 6.09 Å². The fraction of sp³-hybridized carbons (Fsp3) is 0.318. The van der Waals surface area contributed by atoms with Crippen molar-refractivity contribution in [3.63, 3.8) is 0 Å². The quantitative estimate of drug-likeness (QED) is 0.673. The lowest BCUT2D eigenvalue weighted by Gasteiger charge is -2.38. The van der Waals surface area contributed by atoms with Crippen LogP contribution < -0.4 is 4.74 Å². The van der Waals surface area contributed by atoms with Gasteiger partial charge in [0.1, 0.15) is 12.4 Å². The fourth-order valence-corrected chi connectivity index (χ4v) is 4.29. The van der Waals surface area contributed by atoms with E-state index in [1.807, 2.05) is 0 Å². The average Bonchev–Trinajstić information content (AvgIpc) is 2.88. The van der Waals surface area contributed by atoms with Crippen molar-refractivity contribution in [2.75, 3.05) is 26.2 Å². The number of ether oxygens (including phenoxy) is 1. The van der Waals surface area contributed by atoms with E-state index in [0.717, 1.165) is 0 Å². The van der Waals surface area contributed by atoms with Crippen LogP contribution in [0.1, 0.15) is 18.1 Å². The normalized spacial score (nSPS) is 18.4. The number of fused-ring (bicyclic) bond motifs is 2. The first-order valence-electron chi connectivity index (χ1n) is 9.51. The van der Waals surface area contributed by atoms with Crippen molar-refractivity contribution in [1.82, 2.24) is 9.80 Å². The van der Waals surface area contributed by atoms with Crippen molar-refractivity contribution < 1.29 is 24.1 Å². The first-order chi connectivity index (χ1) is 14.4. The summed E-state index contributed by atoms with van der Waals surface area (Å²) in [5.41, 5.74) is 1.30. The molecule has 0 aliphatic carbocycles. The molecule has 2 aromatic carbocycles. The molecule has 1 fully saturated rings. The number of aromatic hydroxyl groups is 1. The van der Waals surface area contributed by atoms with E-state index in [1.54, 1.807) is 25.1 Å². The number of piperazine rings is 1. The van der Waals surface area contributed by atoms with Gasteiger partial charge in [0.2, 0.25) is 0 Å². The highest BCUT2D eigenvalue weighted by Gasteiger charge is 2.34. The van der Waals surface area contributed by atoms with Gasteiger partial charge in [-0.1, -0.05) is 23.6 Å². The number of benzene rings is 2. The molecule has 2 N–H and O–H groups in total. The number of nitrogens with zero attached hydrogens (tertiary/aromatic N) is 2. The van der Waals surface area contributed by atoms with E-state index in [1.165, 1.54) is 11.0 Å². The van der Waals surface area contributed by atoms with Crippen LogP contribution in [0.3, 0.4) is 0 Å². The minimum absolute atomic E-state index is 0.0854. The first-order valence-corrected chi connectivity index (χ1v) is 9.89. The maximum Gasteiger partial charge on any atom is 0.407 e. The van der Waals surface area contributed by atoms with Crippen molar-refractivity contribution in [2.45, 2.75) is 19.5 Å². The summed E-state index contributed by atoms with van der Waals surface area (Å²) in [6.07, 6.45) is -0.973. The lowest BCUT2D eigenvalue weighted by Crippen LogP contribution is -2.55. The number of rotatable bonds is 1. The number of phenolic OH excluding ortho intramolecular Hbond substituents is 1. The molecule has 2 aliphatic heterocycles. The predicted octanol–water partition coefficient (Wildman–Crippen LogP) is 3.78. The Hall–Kier alpha value is -2.95. The summed E-state index contributed by atoms with van der Waals surface area (Å²) < 4.78 is 21.6. The largest absolute Gasteiger partial charge is 0.507 e. The molecule has 0 bridgehead atoms. The molecule has 1 atom stereocenters. The van der Waals surface area contributed by atoms with Crippen LogP contribution in [0.2, 0.25) is 5.02 Å². The van der Waals surface area contributed by atoms with Crippen LogP contribution in [0.15, 0.2) is 24.3 Å². The molecule has 0 saturated carbocycles. The van der Waals surface area contributed by atoms with E-state index in [2.05, 4.69) is 16.7 Å². The Morgan fingerprint density at radius 3 is 2.83 bits per heavy atom. The molecule has 2 aliphatic rings. The maximum atomic E-state index is 15.8. The van der Waals surface area contributed by atoms with Crippen LogP contribution in [-0.2, 0) is 6.54 Å². The monoisotopic (exact) mass is 430 g/mol. The number of phenols is 1. The van der Waals surface area contributed by atoms with Gasteiger partial charge in [0.25, 0.3) is 0 Å². The SMILES string of the molecule is CC#Cc1cc2c(c(F)c1-c1c(O)cccc1Cl)OC[C@H]1CN(C(=O)O)CCN1C2. The maximum absolute atomic E-state index is 15.8. The molecule has 0 spiro atoms. The minimum Gasteiger partial charge on any atom is -0.507 e. The van der Waals surface area contributed by atoms with Gasteiger partial charge in [0, 0.05) is 48.4 Å². The molecule has 0 aromatic heterocycles. The van der Waals surface area contributed by atoms with E-state index >= 15 is 4.39 Å². The highest BCUT2D eigenvalue weighted by molar-refractivity contribution is 6.33. The average molecular weight is 431 g/mol. The molecular formula is C22H20ClFN2O4. The van der Waals surface area contributed by atoms with Gasteiger partial charge in [0.05, 0.1) is 11.1 Å². The second-order valence-corrected chi connectivity index (χ2v) is 7.68. The van der Waals surface area contributed by atoms with Crippen LogP contribution in [0.5, 0.6) is 11.5 Å². The van der Waals surface area contributed by atoms with Crippen molar-refractivity contribution in [3.05, 3.63) is 46.2 Å². The molecule has 0 radical (unpaired) electrons. The minimum atomic E-state index is -0.973. The standard InChI is InChI=1S/C22H20ClFN2O4/c1-2-4-13-9-14-10-25-7-8-26(22(28)29)11-15(25)12-30-21(14)20(24)18(13)19-16(23)5-3-6-17(19)27/h3,5-6,9,15,27H,7-8,10-12H2,1H3,(H,28,29)/t15-/m1/s1. The Morgan fingerprint density at radius 2 is 2.13 bits per heavy atom. The summed E-state index contributed by atoms with van der Waals surface area (Å²) in [6.45, 7) is 3.43. The van der Waals surface area contributed by atoms with Crippen LogP contribution in [0.25, 0.3) is 11.1 Å². The second-order valence-electron chi connectivity index (χ2n) is 7.27. The Kier molecular flexibility index (Phi) is 5.46. The Morgan fingerprint density at radius 1 is 1.33 bits per heavy atom. The number of hydrogen-bond donors (Lipinski definition) is 2. The van der Waals surface area contributed by atoms with E-state index in [-0.39, 0.29) is 40.3 Å². The Labute approximate surface area is 178 Å².